The number of ether oxygens (including phenoxy) is 1. The minimum Gasteiger partial charge on any atom is -0.611 e. The van der Waals surface area contributed by atoms with Gasteiger partial charge in [-0.15, -0.1) is 0 Å². The molecule has 0 saturated heterocycles. The van der Waals surface area contributed by atoms with Gasteiger partial charge in [-0.3, -0.25) is 9.69 Å². The Balaban J connectivity index is 1.35. The van der Waals surface area contributed by atoms with Gasteiger partial charge in [-0.2, -0.15) is 0 Å². The predicted molar refractivity (Wildman–Crippen MR) is 117 cm³/mol. The monoisotopic (exact) mass is 423 g/mol. The van der Waals surface area contributed by atoms with Crippen LogP contribution in [0.1, 0.15) is 29.4 Å². The predicted octanol–water partition coefficient (Wildman–Crippen LogP) is 3.90. The van der Waals surface area contributed by atoms with Crippen LogP contribution < -0.4 is 10.2 Å². The third kappa shape index (κ3) is 4.95. The molecule has 30 heavy (non-hydrogen) atoms. The summed E-state index contributed by atoms with van der Waals surface area (Å²) in [5.74, 6) is 1.43. The second-order valence-corrected chi connectivity index (χ2v) is 9.11. The molecule has 1 atom stereocenters. The van der Waals surface area contributed by atoms with E-state index < -0.39 is 11.2 Å². The van der Waals surface area contributed by atoms with Gasteiger partial charge in [0.15, 0.2) is 4.90 Å². The first-order chi connectivity index (χ1) is 14.6. The molecule has 0 N–H and O–H groups in total. The molecule has 156 valence electrons. The smallest absolute Gasteiger partial charge is 0.227 e. The third-order valence-electron chi connectivity index (χ3n) is 5.28. The maximum atomic E-state index is 12.4. The molecule has 1 aromatic heterocycles. The zero-order valence-corrected chi connectivity index (χ0v) is 17.8. The highest BCUT2D eigenvalue weighted by molar-refractivity contribution is 7.91. The quantitative estimate of drug-likeness (QED) is 0.539. The minimum atomic E-state index is -0.970. The second kappa shape index (κ2) is 9.51. The third-order valence-corrected chi connectivity index (χ3v) is 6.61. The lowest BCUT2D eigenvalue weighted by Gasteiger charge is -2.28. The number of hydrogen-bond acceptors (Lipinski definition) is 5. The summed E-state index contributed by atoms with van der Waals surface area (Å²) in [6, 6.07) is 17.4. The van der Waals surface area contributed by atoms with Crippen LogP contribution in [0.5, 0.6) is 5.75 Å². The van der Waals surface area contributed by atoms with Crippen molar-refractivity contribution < 1.29 is 13.7 Å². The Kier molecular flexibility index (Phi) is 6.57. The molecule has 0 saturated carbocycles. The summed E-state index contributed by atoms with van der Waals surface area (Å²) in [5, 5.41) is 0. The van der Waals surface area contributed by atoms with Crippen LogP contribution in [0.4, 0.5) is 0 Å². The summed E-state index contributed by atoms with van der Waals surface area (Å²) in [6.07, 6.45) is 2.41. The molecule has 0 radical (unpaired) electrons. The van der Waals surface area contributed by atoms with Crippen molar-refractivity contribution in [1.82, 2.24) is 4.90 Å². The average Bonchev–Trinajstić information content (AvgIpc) is 2.78. The molecule has 6 heteroatoms. The summed E-state index contributed by atoms with van der Waals surface area (Å²) in [4.78, 5) is 15.5. The van der Waals surface area contributed by atoms with Crippen LogP contribution in [-0.2, 0) is 37.3 Å². The molecule has 3 aromatic rings. The van der Waals surface area contributed by atoms with E-state index in [2.05, 4.69) is 29.2 Å². The molecular weight excluding hydrogens is 398 g/mol. The largest absolute Gasteiger partial charge is 0.611 e. The zero-order valence-electron chi connectivity index (χ0n) is 17.0. The van der Waals surface area contributed by atoms with E-state index in [4.69, 9.17) is 9.15 Å². The van der Waals surface area contributed by atoms with E-state index in [9.17, 15) is 9.35 Å². The van der Waals surface area contributed by atoms with E-state index >= 15 is 0 Å². The van der Waals surface area contributed by atoms with Crippen molar-refractivity contribution in [2.75, 3.05) is 12.3 Å². The van der Waals surface area contributed by atoms with Crippen molar-refractivity contribution >= 4 is 11.2 Å². The van der Waals surface area contributed by atoms with Crippen LogP contribution in [0, 0.1) is 0 Å². The molecule has 5 nitrogen and oxygen atoms in total. The van der Waals surface area contributed by atoms with Gasteiger partial charge in [0.25, 0.3) is 0 Å². The summed E-state index contributed by atoms with van der Waals surface area (Å²) >= 11 is -0.970. The van der Waals surface area contributed by atoms with Crippen LogP contribution >= 0.6 is 0 Å². The van der Waals surface area contributed by atoms with Gasteiger partial charge in [0.1, 0.15) is 24.4 Å². The highest BCUT2D eigenvalue weighted by Gasteiger charge is 2.17. The van der Waals surface area contributed by atoms with Crippen molar-refractivity contribution in [3.05, 3.63) is 93.5 Å². The van der Waals surface area contributed by atoms with E-state index in [1.807, 2.05) is 31.2 Å². The number of rotatable bonds is 7. The number of hydrogen-bond donors (Lipinski definition) is 0. The standard InChI is InChI=1S/C24H25NO4S/c1-2-30(27)22-9-7-18(8-10-22)16-29-24-17-28-21(13-23(24)26)15-25-12-11-19-5-3-4-6-20(19)14-25/h3-10,13,17H,2,11-12,14-16H2,1H3. The van der Waals surface area contributed by atoms with Gasteiger partial charge in [0.2, 0.25) is 11.2 Å². The molecule has 1 aliphatic heterocycles. The van der Waals surface area contributed by atoms with Gasteiger partial charge in [-0.05, 0) is 53.3 Å². The lowest BCUT2D eigenvalue weighted by atomic mass is 10.00. The topological polar surface area (TPSA) is 65.7 Å². The Bertz CT molecular complexity index is 1050. The lowest BCUT2D eigenvalue weighted by Crippen LogP contribution is -2.30. The highest BCUT2D eigenvalue weighted by atomic mass is 32.2. The fraction of sp³-hybridized carbons (Fsp3) is 0.292. The highest BCUT2D eigenvalue weighted by Crippen LogP contribution is 2.20. The van der Waals surface area contributed by atoms with Crippen LogP contribution in [0.15, 0.2) is 75.0 Å². The van der Waals surface area contributed by atoms with Gasteiger partial charge in [-0.1, -0.05) is 36.4 Å². The van der Waals surface area contributed by atoms with Gasteiger partial charge in [-0.25, -0.2) is 0 Å². The molecule has 0 spiro atoms. The molecule has 0 bridgehead atoms. The lowest BCUT2D eigenvalue weighted by molar-refractivity contribution is 0.220. The fourth-order valence-electron chi connectivity index (χ4n) is 3.60. The first kappa shape index (κ1) is 20.7. The Hall–Kier alpha value is -2.54. The van der Waals surface area contributed by atoms with E-state index in [1.54, 1.807) is 0 Å². The maximum Gasteiger partial charge on any atom is 0.227 e. The second-order valence-electron chi connectivity index (χ2n) is 7.37. The molecular formula is C24H25NO4S. The number of fused-ring (bicyclic) bond motifs is 1. The van der Waals surface area contributed by atoms with Crippen LogP contribution in [0.25, 0.3) is 0 Å². The van der Waals surface area contributed by atoms with Gasteiger partial charge < -0.3 is 13.7 Å². The first-order valence-electron chi connectivity index (χ1n) is 10.1. The van der Waals surface area contributed by atoms with Crippen molar-refractivity contribution in [2.24, 2.45) is 0 Å². The Morgan fingerprint density at radius 3 is 2.63 bits per heavy atom. The molecule has 0 aliphatic carbocycles. The summed E-state index contributed by atoms with van der Waals surface area (Å²) in [7, 11) is 0. The minimum absolute atomic E-state index is 0.183. The first-order valence-corrected chi connectivity index (χ1v) is 11.4. The SMILES string of the molecule is CC[S+]([O-])c1ccc(COc2coc(CN3CCc4ccccc4C3)cc2=O)cc1. The zero-order chi connectivity index (χ0) is 20.9. The number of benzene rings is 2. The van der Waals surface area contributed by atoms with E-state index in [0.717, 1.165) is 30.0 Å². The Morgan fingerprint density at radius 2 is 1.90 bits per heavy atom. The summed E-state index contributed by atoms with van der Waals surface area (Å²) in [5.41, 5.74) is 3.45. The molecule has 2 heterocycles. The van der Waals surface area contributed by atoms with Crippen LogP contribution in [0.3, 0.4) is 0 Å². The van der Waals surface area contributed by atoms with E-state index in [1.165, 1.54) is 23.5 Å². The van der Waals surface area contributed by atoms with Crippen molar-refractivity contribution in [2.45, 2.75) is 37.9 Å². The maximum absolute atomic E-state index is 12.4. The van der Waals surface area contributed by atoms with Gasteiger partial charge >= 0.3 is 0 Å². The van der Waals surface area contributed by atoms with Gasteiger partial charge in [0.05, 0.1) is 6.54 Å². The summed E-state index contributed by atoms with van der Waals surface area (Å²) < 4.78 is 23.1. The molecule has 2 aromatic carbocycles. The molecule has 0 amide bonds. The van der Waals surface area contributed by atoms with Crippen molar-refractivity contribution in [3.8, 4) is 5.75 Å². The Labute approximate surface area is 179 Å². The fourth-order valence-corrected chi connectivity index (χ4v) is 4.37. The van der Waals surface area contributed by atoms with E-state index in [-0.39, 0.29) is 17.8 Å². The van der Waals surface area contributed by atoms with Crippen molar-refractivity contribution in [3.63, 3.8) is 0 Å². The molecule has 1 aliphatic rings. The summed E-state index contributed by atoms with van der Waals surface area (Å²) in [6.45, 7) is 4.54. The molecule has 1 unspecified atom stereocenters. The van der Waals surface area contributed by atoms with Crippen LogP contribution in [-0.4, -0.2) is 21.8 Å². The molecule has 0 fully saturated rings. The van der Waals surface area contributed by atoms with E-state index in [0.29, 0.717) is 18.1 Å². The van der Waals surface area contributed by atoms with Crippen molar-refractivity contribution in [1.29, 1.82) is 0 Å². The average molecular weight is 424 g/mol. The molecule has 4 rings (SSSR count). The van der Waals surface area contributed by atoms with Gasteiger partial charge in [0, 0.05) is 19.2 Å². The normalized spacial score (nSPS) is 14.9. The Morgan fingerprint density at radius 1 is 1.13 bits per heavy atom. The number of nitrogens with zero attached hydrogens (tertiary/aromatic N) is 1. The van der Waals surface area contributed by atoms with Crippen LogP contribution in [0.2, 0.25) is 0 Å².